The van der Waals surface area contributed by atoms with Crippen LogP contribution in [0, 0.1) is 0 Å². The number of aromatic nitrogens is 3. The van der Waals surface area contributed by atoms with Gasteiger partial charge in [-0.05, 0) is 59.3 Å². The second-order valence-electron chi connectivity index (χ2n) is 9.11. The summed E-state index contributed by atoms with van der Waals surface area (Å²) in [5.74, 6) is 0.928. The van der Waals surface area contributed by atoms with Crippen molar-refractivity contribution in [1.29, 1.82) is 0 Å². The van der Waals surface area contributed by atoms with Crippen LogP contribution in [0.3, 0.4) is 0 Å². The number of fused-ring (bicyclic) bond motifs is 5. The summed E-state index contributed by atoms with van der Waals surface area (Å²) < 4.78 is 7.29. The molecule has 0 saturated carbocycles. The summed E-state index contributed by atoms with van der Waals surface area (Å²) in [6.07, 6.45) is 6.97. The van der Waals surface area contributed by atoms with Gasteiger partial charge in [0.1, 0.15) is 17.0 Å². The highest BCUT2D eigenvalue weighted by Gasteiger charge is 2.31. The average molecular weight is 428 g/mol. The zero-order valence-electron chi connectivity index (χ0n) is 18.8. The predicted octanol–water partition coefficient (Wildman–Crippen LogP) is 4.80. The summed E-state index contributed by atoms with van der Waals surface area (Å²) >= 11 is 1.72. The summed E-state index contributed by atoms with van der Waals surface area (Å²) in [4.78, 5) is 17.7. The number of anilines is 1. The van der Waals surface area contributed by atoms with E-state index in [-0.39, 0.29) is 5.60 Å². The molecule has 0 spiro atoms. The van der Waals surface area contributed by atoms with Crippen molar-refractivity contribution in [3.05, 3.63) is 23.1 Å². The quantitative estimate of drug-likeness (QED) is 0.521. The number of nitrogens with one attached hydrogen (secondary N) is 1. The van der Waals surface area contributed by atoms with Crippen molar-refractivity contribution in [1.82, 2.24) is 19.9 Å². The SMILES string of the molecule is CCCCc1nc2sc3c(NCCCN(C)C)ncnc3c2c2c1COC(C)(C)C2. The number of nitrogens with zero attached hydrogens (tertiary/aromatic N) is 4. The van der Waals surface area contributed by atoms with Crippen LogP contribution in [0.4, 0.5) is 5.82 Å². The molecule has 4 heterocycles. The van der Waals surface area contributed by atoms with Crippen molar-refractivity contribution in [3.63, 3.8) is 0 Å². The van der Waals surface area contributed by atoms with Crippen LogP contribution in [-0.2, 0) is 24.2 Å². The number of pyridine rings is 1. The normalized spacial score (nSPS) is 15.8. The van der Waals surface area contributed by atoms with Crippen molar-refractivity contribution >= 4 is 37.6 Å². The van der Waals surface area contributed by atoms with Crippen LogP contribution in [0.15, 0.2) is 6.33 Å². The summed E-state index contributed by atoms with van der Waals surface area (Å²) in [5.41, 5.74) is 4.73. The van der Waals surface area contributed by atoms with Gasteiger partial charge in [0.2, 0.25) is 0 Å². The average Bonchev–Trinajstić information content (AvgIpc) is 3.07. The lowest BCUT2D eigenvalue weighted by atomic mass is 9.88. The molecule has 0 radical (unpaired) electrons. The maximum absolute atomic E-state index is 6.17. The first-order valence-corrected chi connectivity index (χ1v) is 11.8. The van der Waals surface area contributed by atoms with Gasteiger partial charge >= 0.3 is 0 Å². The Morgan fingerprint density at radius 2 is 2.03 bits per heavy atom. The molecule has 0 atom stereocenters. The Morgan fingerprint density at radius 1 is 1.20 bits per heavy atom. The molecular weight excluding hydrogens is 394 g/mol. The van der Waals surface area contributed by atoms with Crippen LogP contribution in [0.25, 0.3) is 20.4 Å². The fourth-order valence-corrected chi connectivity index (χ4v) is 5.30. The fraction of sp³-hybridized carbons (Fsp3) is 0.609. The van der Waals surface area contributed by atoms with E-state index in [9.17, 15) is 0 Å². The molecule has 0 amide bonds. The van der Waals surface area contributed by atoms with Gasteiger partial charge in [-0.1, -0.05) is 13.3 Å². The molecule has 30 heavy (non-hydrogen) atoms. The van der Waals surface area contributed by atoms with Crippen molar-refractivity contribution < 1.29 is 4.74 Å². The highest BCUT2D eigenvalue weighted by atomic mass is 32.1. The second-order valence-corrected chi connectivity index (χ2v) is 10.1. The molecule has 7 heteroatoms. The van der Waals surface area contributed by atoms with Crippen LogP contribution in [-0.4, -0.2) is 52.6 Å². The first-order chi connectivity index (χ1) is 14.4. The lowest BCUT2D eigenvalue weighted by molar-refractivity contribution is -0.0401. The van der Waals surface area contributed by atoms with E-state index in [0.29, 0.717) is 6.61 Å². The maximum Gasteiger partial charge on any atom is 0.147 e. The molecular formula is C23H33N5OS. The third-order valence-corrected chi connectivity index (χ3v) is 6.84. The van der Waals surface area contributed by atoms with Crippen molar-refractivity contribution in [2.45, 2.75) is 65.1 Å². The Bertz CT molecular complexity index is 1040. The Morgan fingerprint density at radius 3 is 2.80 bits per heavy atom. The smallest absolute Gasteiger partial charge is 0.147 e. The molecule has 0 aliphatic carbocycles. The van der Waals surface area contributed by atoms with Crippen LogP contribution >= 0.6 is 11.3 Å². The minimum absolute atomic E-state index is 0.169. The maximum atomic E-state index is 6.17. The second kappa shape index (κ2) is 8.73. The highest BCUT2D eigenvalue weighted by Crippen LogP contribution is 2.42. The summed E-state index contributed by atoms with van der Waals surface area (Å²) in [5, 5.41) is 4.74. The minimum Gasteiger partial charge on any atom is -0.370 e. The van der Waals surface area contributed by atoms with E-state index in [1.165, 1.54) is 28.6 Å². The lowest BCUT2D eigenvalue weighted by Gasteiger charge is -2.33. The van der Waals surface area contributed by atoms with Gasteiger partial charge < -0.3 is 15.0 Å². The molecule has 1 aliphatic rings. The number of rotatable bonds is 8. The number of thiophene rings is 1. The topological polar surface area (TPSA) is 63.2 Å². The number of hydrogen-bond donors (Lipinski definition) is 1. The zero-order valence-corrected chi connectivity index (χ0v) is 19.7. The van der Waals surface area contributed by atoms with Crippen LogP contribution < -0.4 is 5.32 Å². The van der Waals surface area contributed by atoms with Gasteiger partial charge in [-0.2, -0.15) is 0 Å². The monoisotopic (exact) mass is 427 g/mol. The standard InChI is InChI=1S/C23H33N5OS/c1-6-7-9-17-16-13-29-23(2,3)12-15(16)18-19-20(30-22(18)27-17)21(26-14-25-19)24-10-8-11-28(4)5/h14H,6-13H2,1-5H3,(H,24,25,26). The van der Waals surface area contributed by atoms with E-state index >= 15 is 0 Å². The predicted molar refractivity (Wildman–Crippen MR) is 126 cm³/mol. The summed E-state index contributed by atoms with van der Waals surface area (Å²) in [6, 6.07) is 0. The van der Waals surface area contributed by atoms with E-state index in [1.807, 2.05) is 0 Å². The van der Waals surface area contributed by atoms with Crippen LogP contribution in [0.5, 0.6) is 0 Å². The number of ether oxygens (including phenoxy) is 1. The first kappa shape index (κ1) is 21.4. The molecule has 1 aliphatic heterocycles. The van der Waals surface area contributed by atoms with Gasteiger partial charge in [-0.15, -0.1) is 11.3 Å². The van der Waals surface area contributed by atoms with Gasteiger partial charge in [0, 0.05) is 29.6 Å². The van der Waals surface area contributed by atoms with Crippen LogP contribution in [0.1, 0.15) is 56.9 Å². The Labute approximate surface area is 183 Å². The Hall–Kier alpha value is -1.83. The summed E-state index contributed by atoms with van der Waals surface area (Å²) in [6.45, 7) is 9.17. The van der Waals surface area contributed by atoms with Crippen LogP contribution in [0.2, 0.25) is 0 Å². The van der Waals surface area contributed by atoms with Gasteiger partial charge in [-0.25, -0.2) is 15.0 Å². The molecule has 0 bridgehead atoms. The van der Waals surface area contributed by atoms with Crippen molar-refractivity contribution in [2.24, 2.45) is 0 Å². The lowest BCUT2D eigenvalue weighted by Crippen LogP contribution is -2.32. The van der Waals surface area contributed by atoms with Gasteiger partial charge in [0.05, 0.1) is 22.4 Å². The van der Waals surface area contributed by atoms with E-state index < -0.39 is 0 Å². The van der Waals surface area contributed by atoms with E-state index in [4.69, 9.17) is 14.7 Å². The number of aryl methyl sites for hydroxylation is 1. The van der Waals surface area contributed by atoms with Crippen molar-refractivity contribution in [3.8, 4) is 0 Å². The Balaban J connectivity index is 1.80. The molecule has 0 fully saturated rings. The van der Waals surface area contributed by atoms with E-state index in [1.54, 1.807) is 17.7 Å². The van der Waals surface area contributed by atoms with E-state index in [2.05, 4.69) is 50.1 Å². The largest absolute Gasteiger partial charge is 0.370 e. The Kier molecular flexibility index (Phi) is 6.23. The molecule has 1 N–H and O–H groups in total. The minimum atomic E-state index is -0.169. The first-order valence-electron chi connectivity index (χ1n) is 11.0. The van der Waals surface area contributed by atoms with E-state index in [0.717, 1.165) is 59.6 Å². The highest BCUT2D eigenvalue weighted by molar-refractivity contribution is 7.26. The molecule has 162 valence electrons. The van der Waals surface area contributed by atoms with Gasteiger partial charge in [-0.3, -0.25) is 0 Å². The molecule has 0 unspecified atom stereocenters. The molecule has 6 nitrogen and oxygen atoms in total. The molecule has 0 aromatic carbocycles. The summed E-state index contributed by atoms with van der Waals surface area (Å²) in [7, 11) is 4.20. The van der Waals surface area contributed by atoms with Gasteiger partial charge in [0.15, 0.2) is 0 Å². The van der Waals surface area contributed by atoms with Gasteiger partial charge in [0.25, 0.3) is 0 Å². The molecule has 3 aromatic rings. The molecule has 0 saturated heterocycles. The number of unbranched alkanes of at least 4 members (excludes halogenated alkanes) is 1. The third-order valence-electron chi connectivity index (χ3n) is 5.76. The molecule has 3 aromatic heterocycles. The third kappa shape index (κ3) is 4.29. The van der Waals surface area contributed by atoms with Crippen molar-refractivity contribution in [2.75, 3.05) is 32.5 Å². The molecule has 4 rings (SSSR count). The number of hydrogen-bond acceptors (Lipinski definition) is 7. The fourth-order valence-electron chi connectivity index (χ4n) is 4.15. The zero-order chi connectivity index (χ0) is 21.3.